The van der Waals surface area contributed by atoms with Gasteiger partial charge in [-0.1, -0.05) is 238 Å². The Balaban J connectivity index is 0.000000111. The van der Waals surface area contributed by atoms with E-state index in [4.69, 9.17) is 29.1 Å². The quantitative estimate of drug-likeness (QED) is 0.0417. The third kappa shape index (κ3) is 21.2. The first-order valence-corrected chi connectivity index (χ1v) is 48.5. The molecule has 716 valence electrons. The van der Waals surface area contributed by atoms with E-state index in [2.05, 4.69) is 122 Å². The van der Waals surface area contributed by atoms with Crippen LogP contribution < -0.4 is 4.74 Å². The van der Waals surface area contributed by atoms with Crippen LogP contribution in [0.5, 0.6) is 46.0 Å². The number of imidazole rings is 3. The molecule has 24 rings (SSSR count). The molecule has 0 aliphatic rings. The van der Waals surface area contributed by atoms with Crippen LogP contribution in [-0.4, -0.2) is 101 Å². The number of benzene rings is 17. The molecule has 0 bridgehead atoms. The van der Waals surface area contributed by atoms with Gasteiger partial charge in [-0.3, -0.25) is 13.7 Å². The Morgan fingerprint density at radius 2 is 0.719 bits per heavy atom. The fourth-order valence-electron chi connectivity index (χ4n) is 17.2. The topological polar surface area (TPSA) is 295 Å². The minimum atomic E-state index is 0.0904. The maximum atomic E-state index is 10.6. The summed E-state index contributed by atoms with van der Waals surface area (Å²) < 4.78 is 18.9. The molecule has 0 aliphatic carbocycles. The monoisotopic (exact) mass is 1930 g/mol. The minimum absolute atomic E-state index is 0.0904. The average Bonchev–Trinajstić information content (AvgIpc) is 1.61. The van der Waals surface area contributed by atoms with Gasteiger partial charge in [-0.25, -0.2) is 44.9 Å². The van der Waals surface area contributed by atoms with Gasteiger partial charge in [0.05, 0.1) is 94.7 Å². The number of aryl methyl sites for hydroxylation is 5. The van der Waals surface area contributed by atoms with Crippen molar-refractivity contribution >= 4 is 65.9 Å². The van der Waals surface area contributed by atoms with Crippen LogP contribution in [0.2, 0.25) is 0 Å². The smallest absolute Gasteiger partial charge is 0.231 e. The van der Waals surface area contributed by atoms with Gasteiger partial charge in [0.25, 0.3) is 0 Å². The number of aromatic nitrogens is 12. The molecule has 0 spiro atoms. The average molecular weight is 1930 g/mol. The molecule has 7 aromatic heterocycles. The van der Waals surface area contributed by atoms with Crippen molar-refractivity contribution in [2.75, 3.05) is 6.61 Å². The molecule has 7 heterocycles. The number of nitrogens with zero attached hydrogens (tertiary/aromatic N) is 12. The zero-order valence-corrected chi connectivity index (χ0v) is 81.5. The highest BCUT2D eigenvalue weighted by Crippen LogP contribution is 2.43. The van der Waals surface area contributed by atoms with Crippen LogP contribution >= 0.6 is 11.3 Å². The predicted molar refractivity (Wildman–Crippen MR) is 585 cm³/mol. The summed E-state index contributed by atoms with van der Waals surface area (Å²) in [4.78, 5) is 41.7. The number of pyridine rings is 1. The fraction of sp³-hybridized carbons (Fsp3) is 0.0726. The Labute approximate surface area is 847 Å². The Hall–Kier alpha value is -18.9. The molecule has 0 amide bonds. The van der Waals surface area contributed by atoms with Crippen LogP contribution in [0.25, 0.3) is 184 Å². The summed E-state index contributed by atoms with van der Waals surface area (Å²) in [6.07, 6.45) is 3.80. The molecule has 22 heteroatoms. The molecule has 0 unspecified atom stereocenters. The second-order valence-electron chi connectivity index (χ2n) is 34.8. The van der Waals surface area contributed by atoms with Gasteiger partial charge < -0.3 is 44.9 Å². The molecule has 0 atom stereocenters. The van der Waals surface area contributed by atoms with E-state index in [-0.39, 0.29) is 40.2 Å². The third-order valence-electron chi connectivity index (χ3n) is 24.6. The van der Waals surface area contributed by atoms with Gasteiger partial charge in [-0.2, -0.15) is 0 Å². The van der Waals surface area contributed by atoms with Crippen molar-refractivity contribution in [1.82, 2.24) is 58.6 Å². The van der Waals surface area contributed by atoms with Crippen molar-refractivity contribution in [3.05, 3.63) is 447 Å². The molecular weight excluding hydrogens is 1830 g/mol. The zero-order chi connectivity index (χ0) is 101. The third-order valence-corrected chi connectivity index (χ3v) is 25.7. The van der Waals surface area contributed by atoms with Crippen molar-refractivity contribution in [1.29, 1.82) is 0 Å². The molecule has 0 saturated heterocycles. The van der Waals surface area contributed by atoms with Gasteiger partial charge in [0, 0.05) is 17.4 Å². The molecular formula is C124H100N12O9S. The zero-order valence-electron chi connectivity index (χ0n) is 80.7. The first-order valence-electron chi connectivity index (χ1n) is 47.7. The maximum Gasteiger partial charge on any atom is 0.231 e. The maximum absolute atomic E-state index is 10.6. The predicted octanol–water partition coefficient (Wildman–Crippen LogP) is 29.8. The molecule has 17 aromatic carbocycles. The molecule has 21 nitrogen and oxygen atoms in total. The van der Waals surface area contributed by atoms with Crippen LogP contribution in [0, 0.1) is 34.6 Å². The van der Waals surface area contributed by atoms with Crippen molar-refractivity contribution in [2.45, 2.75) is 54.4 Å². The van der Waals surface area contributed by atoms with E-state index < -0.39 is 0 Å². The van der Waals surface area contributed by atoms with Crippen molar-refractivity contribution < 1.29 is 44.9 Å². The number of fused-ring (bicyclic) bond motifs is 5. The summed E-state index contributed by atoms with van der Waals surface area (Å²) in [5, 5.41) is 72.7. The second kappa shape index (κ2) is 43.8. The number of thiazole rings is 1. The molecule has 7 N–H and O–H groups in total. The number of phenolic OH excluding ortho intramolecular Hbond substituents is 7. The van der Waals surface area contributed by atoms with E-state index in [1.807, 2.05) is 298 Å². The lowest BCUT2D eigenvalue weighted by molar-refractivity contribution is 0.309. The SMILES string of the molecule is CCCCOc1ccc(-c2nc(-c3ccc(C)cc3O)nc(-c3ccc(C)cc3O)n2)c(C)c1.Cc1ccccc1-n1c(-c2ccccc2O)nc2ccccc21.Cc1ccccc1-n1c(-c2ccccc2O)nc2ncccc21.Oc1ccccc1-c1nc2cc(-c3ccccc3)ccc2o1.Oc1ccccc1-c1nc2cc(-c3ccccc3)ccc2s1.Oc1ccccc1-c1nc2ccccc2n1-c1ccccc1. The van der Waals surface area contributed by atoms with Gasteiger partial charge in [-0.05, 0) is 279 Å². The Kier molecular flexibility index (Phi) is 28.8. The van der Waals surface area contributed by atoms with Crippen LogP contribution in [0.15, 0.2) is 423 Å². The van der Waals surface area contributed by atoms with Crippen molar-refractivity contribution in [3.63, 3.8) is 0 Å². The summed E-state index contributed by atoms with van der Waals surface area (Å²) >= 11 is 1.60. The highest BCUT2D eigenvalue weighted by Gasteiger charge is 2.25. The van der Waals surface area contributed by atoms with Gasteiger partial charge in [0.1, 0.15) is 68.2 Å². The molecule has 0 fully saturated rings. The summed E-state index contributed by atoms with van der Waals surface area (Å²) in [5.74, 6) is 5.82. The highest BCUT2D eigenvalue weighted by molar-refractivity contribution is 7.21. The lowest BCUT2D eigenvalue weighted by atomic mass is 10.1. The van der Waals surface area contributed by atoms with Gasteiger partial charge >= 0.3 is 0 Å². The largest absolute Gasteiger partial charge is 0.507 e. The highest BCUT2D eigenvalue weighted by atomic mass is 32.1. The number of oxazole rings is 1. The number of hydrogen-bond acceptors (Lipinski definition) is 19. The van der Waals surface area contributed by atoms with Crippen LogP contribution in [0.4, 0.5) is 0 Å². The molecule has 24 aromatic rings. The minimum Gasteiger partial charge on any atom is -0.507 e. The Bertz CT molecular complexity index is 8390. The Morgan fingerprint density at radius 1 is 0.295 bits per heavy atom. The number of phenols is 7. The van der Waals surface area contributed by atoms with Crippen LogP contribution in [0.3, 0.4) is 0 Å². The summed E-state index contributed by atoms with van der Waals surface area (Å²) in [5.41, 5.74) is 26.0. The van der Waals surface area contributed by atoms with Gasteiger partial charge in [-0.15, -0.1) is 11.3 Å². The van der Waals surface area contributed by atoms with E-state index in [1.165, 1.54) is 5.56 Å². The van der Waals surface area contributed by atoms with Crippen molar-refractivity contribution in [2.24, 2.45) is 0 Å². The standard InChI is InChI=1S/C28H29N3O3.C20H16N2O.C19H15N3O.C19H14N2O.C19H13NO2.C19H13NOS/c1-5-6-13-34-20-9-12-21(19(4)16-20)26-29-27(22-10-7-17(2)14-24(22)32)31-28(30-26)23-11-8-18(3)15-25(23)33;1-14-8-2-5-11-17(14)22-18-12-6-4-10-16(18)21-20(22)15-9-3-7-13-19(15)23;1-13-7-2-4-9-15(13)22-16-10-6-12-20-18(16)21-19(22)14-8-3-5-11-17(14)23;22-18-13-7-4-10-15(18)19-20-16-11-5-6-12-17(16)21(19)14-8-2-1-3-9-14;2*21-17-9-5-4-8-15(17)19-20-16-12-14(10-11-18(16)22-19)13-6-2-1-3-7-13/h7-12,14-16,32-33H,5-6,13H2,1-4H3;2-13,23H,1H3;2-12,23H,1H3;1-13,22H;2*1-12,21H. The lowest BCUT2D eigenvalue weighted by Crippen LogP contribution is -2.02. The summed E-state index contributed by atoms with van der Waals surface area (Å²) in [7, 11) is 0. The number of para-hydroxylation sites is 12. The molecule has 0 aliphatic heterocycles. The number of ether oxygens (including phenoxy) is 1. The van der Waals surface area contributed by atoms with Gasteiger partial charge in [0.15, 0.2) is 34.5 Å². The van der Waals surface area contributed by atoms with Crippen LogP contribution in [0.1, 0.15) is 47.6 Å². The van der Waals surface area contributed by atoms with E-state index >= 15 is 0 Å². The van der Waals surface area contributed by atoms with Crippen LogP contribution in [-0.2, 0) is 0 Å². The number of aromatic hydroxyl groups is 7. The molecule has 0 saturated carbocycles. The molecule has 146 heavy (non-hydrogen) atoms. The first kappa shape index (κ1) is 96.0. The fourth-order valence-corrected chi connectivity index (χ4v) is 18.2. The number of rotatable bonds is 17. The second-order valence-corrected chi connectivity index (χ2v) is 35.8. The van der Waals surface area contributed by atoms with E-state index in [9.17, 15) is 35.7 Å². The summed E-state index contributed by atoms with van der Waals surface area (Å²) in [6, 6.07) is 132. The van der Waals surface area contributed by atoms with Crippen molar-refractivity contribution in [3.8, 4) is 176 Å². The first-order chi connectivity index (χ1) is 71.3. The van der Waals surface area contributed by atoms with Gasteiger partial charge in [0.2, 0.25) is 5.89 Å². The van der Waals surface area contributed by atoms with E-state index in [0.717, 1.165) is 162 Å². The Morgan fingerprint density at radius 3 is 1.23 bits per heavy atom. The van der Waals surface area contributed by atoms with E-state index in [1.54, 1.807) is 90.3 Å². The van der Waals surface area contributed by atoms with E-state index in [0.29, 0.717) is 69.3 Å². The molecule has 0 radical (unpaired) electrons. The normalized spacial score (nSPS) is 10.9. The number of hydrogen-bond donors (Lipinski definition) is 7. The summed E-state index contributed by atoms with van der Waals surface area (Å²) in [6.45, 7) is 12.8. The number of unbranched alkanes of at least 4 members (excludes halogenated alkanes) is 1. The lowest BCUT2D eigenvalue weighted by Gasteiger charge is -2.13.